The van der Waals surface area contributed by atoms with Crippen molar-refractivity contribution in [2.24, 2.45) is 5.92 Å². The van der Waals surface area contributed by atoms with Crippen molar-refractivity contribution in [3.05, 3.63) is 24.0 Å². The number of nitrogens with one attached hydrogen (secondary N) is 1. The number of carbonyl (C=O) groups is 1. The molecule has 1 aliphatic carbocycles. The molecule has 92 valence electrons. The van der Waals surface area contributed by atoms with E-state index in [2.05, 4.69) is 17.2 Å². The molecular weight excluding hydrogens is 214 g/mol. The molecule has 2 rings (SSSR count). The fourth-order valence-electron chi connectivity index (χ4n) is 2.37. The zero-order valence-electron chi connectivity index (χ0n) is 10.1. The van der Waals surface area contributed by atoms with Crippen molar-refractivity contribution in [3.63, 3.8) is 0 Å². The van der Waals surface area contributed by atoms with Crippen LogP contribution < -0.4 is 11.1 Å². The number of aromatic nitrogens is 1. The molecule has 3 N–H and O–H groups in total. The third kappa shape index (κ3) is 2.75. The molecule has 0 aliphatic heterocycles. The largest absolute Gasteiger partial charge is 0.398 e. The normalized spacial score (nSPS) is 24.3. The van der Waals surface area contributed by atoms with Crippen molar-refractivity contribution in [1.82, 2.24) is 10.3 Å². The van der Waals surface area contributed by atoms with E-state index in [4.69, 9.17) is 5.73 Å². The lowest BCUT2D eigenvalue weighted by Gasteiger charge is -2.29. The summed E-state index contributed by atoms with van der Waals surface area (Å²) in [6.45, 7) is 2.19. The highest BCUT2D eigenvalue weighted by atomic mass is 16.1. The van der Waals surface area contributed by atoms with Crippen LogP contribution in [-0.4, -0.2) is 16.9 Å². The molecule has 4 nitrogen and oxygen atoms in total. The predicted molar refractivity (Wildman–Crippen MR) is 67.5 cm³/mol. The standard InChI is InChI=1S/C13H19N3O/c1-9-4-2-3-5-12(9)16-13(17)10-8-15-7-6-11(10)14/h6-9,12H,2-5H2,1H3,(H2,14,15)(H,16,17). The van der Waals surface area contributed by atoms with Crippen molar-refractivity contribution in [3.8, 4) is 0 Å². The first-order valence-electron chi connectivity index (χ1n) is 6.19. The van der Waals surface area contributed by atoms with Gasteiger partial charge in [-0.15, -0.1) is 0 Å². The van der Waals surface area contributed by atoms with Crippen molar-refractivity contribution >= 4 is 11.6 Å². The molecule has 2 atom stereocenters. The summed E-state index contributed by atoms with van der Waals surface area (Å²) in [6, 6.07) is 1.93. The van der Waals surface area contributed by atoms with Crippen LogP contribution in [0.2, 0.25) is 0 Å². The minimum absolute atomic E-state index is 0.102. The third-order valence-electron chi connectivity index (χ3n) is 3.53. The number of carbonyl (C=O) groups excluding carboxylic acids is 1. The molecule has 2 unspecified atom stereocenters. The molecule has 1 fully saturated rings. The van der Waals surface area contributed by atoms with E-state index >= 15 is 0 Å². The maximum absolute atomic E-state index is 12.0. The lowest BCUT2D eigenvalue weighted by molar-refractivity contribution is 0.0911. The van der Waals surface area contributed by atoms with Crippen LogP contribution in [0.1, 0.15) is 43.0 Å². The summed E-state index contributed by atoms with van der Waals surface area (Å²) in [5, 5.41) is 3.07. The summed E-state index contributed by atoms with van der Waals surface area (Å²) >= 11 is 0. The topological polar surface area (TPSA) is 68.0 Å². The molecule has 1 aromatic heterocycles. The Morgan fingerprint density at radius 3 is 2.94 bits per heavy atom. The zero-order chi connectivity index (χ0) is 12.3. The van der Waals surface area contributed by atoms with Crippen LogP contribution in [0, 0.1) is 5.92 Å². The molecule has 1 aliphatic rings. The van der Waals surface area contributed by atoms with Crippen LogP contribution in [0.25, 0.3) is 0 Å². The van der Waals surface area contributed by atoms with Crippen LogP contribution in [0.4, 0.5) is 5.69 Å². The zero-order valence-corrected chi connectivity index (χ0v) is 10.1. The van der Waals surface area contributed by atoms with Gasteiger partial charge >= 0.3 is 0 Å². The lowest BCUT2D eigenvalue weighted by atomic mass is 9.86. The number of amides is 1. The maximum Gasteiger partial charge on any atom is 0.255 e. The first-order chi connectivity index (χ1) is 8.18. The molecule has 0 saturated heterocycles. The van der Waals surface area contributed by atoms with Gasteiger partial charge in [0.25, 0.3) is 5.91 Å². The maximum atomic E-state index is 12.0. The molecule has 1 saturated carbocycles. The minimum atomic E-state index is -0.102. The van der Waals surface area contributed by atoms with Gasteiger partial charge < -0.3 is 11.1 Å². The molecule has 4 heteroatoms. The van der Waals surface area contributed by atoms with Crippen LogP contribution in [0.15, 0.2) is 18.5 Å². The Labute approximate surface area is 102 Å². The average molecular weight is 233 g/mol. The Balaban J connectivity index is 2.04. The van der Waals surface area contributed by atoms with E-state index < -0.39 is 0 Å². The highest BCUT2D eigenvalue weighted by Gasteiger charge is 2.23. The first kappa shape index (κ1) is 11.9. The van der Waals surface area contributed by atoms with Crippen molar-refractivity contribution in [2.75, 3.05) is 5.73 Å². The summed E-state index contributed by atoms with van der Waals surface area (Å²) in [7, 11) is 0. The smallest absolute Gasteiger partial charge is 0.255 e. The van der Waals surface area contributed by atoms with Crippen LogP contribution in [-0.2, 0) is 0 Å². The van der Waals surface area contributed by atoms with Crippen molar-refractivity contribution in [1.29, 1.82) is 0 Å². The van der Waals surface area contributed by atoms with E-state index in [1.165, 1.54) is 25.5 Å². The number of rotatable bonds is 2. The number of anilines is 1. The first-order valence-corrected chi connectivity index (χ1v) is 6.19. The van der Waals surface area contributed by atoms with Gasteiger partial charge in [-0.25, -0.2) is 0 Å². The Kier molecular flexibility index (Phi) is 3.61. The van der Waals surface area contributed by atoms with E-state index in [0.29, 0.717) is 17.2 Å². The number of hydrogen-bond donors (Lipinski definition) is 2. The van der Waals surface area contributed by atoms with E-state index in [1.807, 2.05) is 0 Å². The minimum Gasteiger partial charge on any atom is -0.398 e. The van der Waals surface area contributed by atoms with Gasteiger partial charge in [0.15, 0.2) is 0 Å². The lowest BCUT2D eigenvalue weighted by Crippen LogP contribution is -2.41. The van der Waals surface area contributed by atoms with Crippen LogP contribution in [0.3, 0.4) is 0 Å². The predicted octanol–water partition coefficient (Wildman–Crippen LogP) is 1.97. The molecule has 1 heterocycles. The molecule has 1 amide bonds. The molecule has 1 aromatic rings. The number of nitrogens with two attached hydrogens (primary N) is 1. The monoisotopic (exact) mass is 233 g/mol. The second kappa shape index (κ2) is 5.17. The van der Waals surface area contributed by atoms with E-state index in [1.54, 1.807) is 12.3 Å². The fourth-order valence-corrected chi connectivity index (χ4v) is 2.37. The third-order valence-corrected chi connectivity index (χ3v) is 3.53. The Bertz CT molecular complexity index is 405. The summed E-state index contributed by atoms with van der Waals surface area (Å²) in [5.74, 6) is 0.444. The van der Waals surface area contributed by atoms with Gasteiger partial charge in [-0.2, -0.15) is 0 Å². The summed E-state index contributed by atoms with van der Waals surface area (Å²) in [5.41, 5.74) is 6.72. The van der Waals surface area contributed by atoms with Gasteiger partial charge in [-0.3, -0.25) is 9.78 Å². The van der Waals surface area contributed by atoms with Crippen LogP contribution >= 0.6 is 0 Å². The van der Waals surface area contributed by atoms with Gasteiger partial charge in [0, 0.05) is 24.1 Å². The SMILES string of the molecule is CC1CCCCC1NC(=O)c1cnccc1N. The number of pyridine rings is 1. The second-order valence-electron chi connectivity index (χ2n) is 4.80. The number of nitrogens with zero attached hydrogens (tertiary/aromatic N) is 1. The van der Waals surface area contributed by atoms with Crippen LogP contribution in [0.5, 0.6) is 0 Å². The van der Waals surface area contributed by atoms with Gasteiger partial charge in [0.2, 0.25) is 0 Å². The molecule has 17 heavy (non-hydrogen) atoms. The highest BCUT2D eigenvalue weighted by molar-refractivity contribution is 5.98. The molecule has 0 spiro atoms. The van der Waals surface area contributed by atoms with Gasteiger partial charge in [-0.1, -0.05) is 19.8 Å². The Hall–Kier alpha value is -1.58. The summed E-state index contributed by atoms with van der Waals surface area (Å²) in [4.78, 5) is 16.0. The van der Waals surface area contributed by atoms with Gasteiger partial charge in [-0.05, 0) is 24.8 Å². The molecule has 0 aromatic carbocycles. The Morgan fingerprint density at radius 1 is 1.47 bits per heavy atom. The van der Waals surface area contributed by atoms with E-state index in [9.17, 15) is 4.79 Å². The van der Waals surface area contributed by atoms with E-state index in [0.717, 1.165) is 6.42 Å². The Morgan fingerprint density at radius 2 is 2.24 bits per heavy atom. The number of nitrogen functional groups attached to an aromatic ring is 1. The average Bonchev–Trinajstić information content (AvgIpc) is 2.32. The fraction of sp³-hybridized carbons (Fsp3) is 0.538. The molecule has 0 radical (unpaired) electrons. The highest BCUT2D eigenvalue weighted by Crippen LogP contribution is 2.24. The molecule has 0 bridgehead atoms. The second-order valence-corrected chi connectivity index (χ2v) is 4.80. The van der Waals surface area contributed by atoms with Crippen molar-refractivity contribution in [2.45, 2.75) is 38.6 Å². The van der Waals surface area contributed by atoms with Crippen molar-refractivity contribution < 1.29 is 4.79 Å². The van der Waals surface area contributed by atoms with Gasteiger partial charge in [0.05, 0.1) is 5.56 Å². The quantitative estimate of drug-likeness (QED) is 0.820. The molecular formula is C13H19N3O. The number of hydrogen-bond acceptors (Lipinski definition) is 3. The summed E-state index contributed by atoms with van der Waals surface area (Å²) in [6.07, 6.45) is 7.83. The van der Waals surface area contributed by atoms with Gasteiger partial charge in [0.1, 0.15) is 0 Å². The summed E-state index contributed by atoms with van der Waals surface area (Å²) < 4.78 is 0. The van der Waals surface area contributed by atoms with E-state index in [-0.39, 0.29) is 11.9 Å².